The van der Waals surface area contributed by atoms with E-state index in [2.05, 4.69) is 56.8 Å². The van der Waals surface area contributed by atoms with Crippen LogP contribution in [0.25, 0.3) is 10.9 Å². The zero-order valence-corrected chi connectivity index (χ0v) is 18.8. The number of hydrogen-bond donors (Lipinski definition) is 3. The van der Waals surface area contributed by atoms with Gasteiger partial charge in [-0.1, -0.05) is 19.9 Å². The Morgan fingerprint density at radius 3 is 2.73 bits per heavy atom. The minimum Gasteiger partial charge on any atom is -0.497 e. The number of ether oxygens (including phenoxy) is 1. The quantitative estimate of drug-likeness (QED) is 0.373. The maximum atomic E-state index is 12.7. The summed E-state index contributed by atoms with van der Waals surface area (Å²) in [5.74, 6) is 2.65. The number of nitrogens with zero attached hydrogens (tertiary/aromatic N) is 3. The lowest BCUT2D eigenvalue weighted by Gasteiger charge is -2.07. The fraction of sp³-hybridized carbons (Fsp3) is 0.280. The zero-order valence-electron chi connectivity index (χ0n) is 18.8. The lowest BCUT2D eigenvalue weighted by molar-refractivity contribution is -0.117. The van der Waals surface area contributed by atoms with Gasteiger partial charge in [0.05, 0.1) is 24.5 Å². The summed E-state index contributed by atoms with van der Waals surface area (Å²) in [6.45, 7) is 4.17. The summed E-state index contributed by atoms with van der Waals surface area (Å²) < 4.78 is 5.16. The molecule has 1 fully saturated rings. The predicted molar refractivity (Wildman–Crippen MR) is 128 cm³/mol. The van der Waals surface area contributed by atoms with Gasteiger partial charge in [0, 0.05) is 23.2 Å². The number of carbonyl (C=O) groups is 1. The van der Waals surface area contributed by atoms with Crippen molar-refractivity contribution < 1.29 is 9.53 Å². The van der Waals surface area contributed by atoms with E-state index in [-0.39, 0.29) is 17.7 Å². The first-order valence-electron chi connectivity index (χ1n) is 11.0. The summed E-state index contributed by atoms with van der Waals surface area (Å²) >= 11 is 0. The fourth-order valence-electron chi connectivity index (χ4n) is 3.97. The van der Waals surface area contributed by atoms with Crippen LogP contribution in [0.2, 0.25) is 0 Å². The first-order valence-corrected chi connectivity index (χ1v) is 11.0. The molecule has 2 aromatic carbocycles. The van der Waals surface area contributed by atoms with Crippen molar-refractivity contribution in [2.45, 2.75) is 32.1 Å². The molecule has 0 saturated heterocycles. The smallest absolute Gasteiger partial charge is 0.228 e. The molecule has 8 nitrogen and oxygen atoms in total. The molecular weight excluding hydrogens is 416 g/mol. The second-order valence-corrected chi connectivity index (χ2v) is 8.65. The highest BCUT2D eigenvalue weighted by Gasteiger charge is 2.44. The summed E-state index contributed by atoms with van der Waals surface area (Å²) in [5.41, 5.74) is 3.75. The number of benzene rings is 2. The number of amides is 1. The predicted octanol–water partition coefficient (Wildman–Crippen LogP) is 4.97. The van der Waals surface area contributed by atoms with Gasteiger partial charge >= 0.3 is 0 Å². The van der Waals surface area contributed by atoms with Crippen LogP contribution in [-0.4, -0.2) is 33.2 Å². The van der Waals surface area contributed by atoms with Gasteiger partial charge in [-0.05, 0) is 60.2 Å². The molecule has 1 amide bonds. The zero-order chi connectivity index (χ0) is 22.9. The third kappa shape index (κ3) is 4.37. The van der Waals surface area contributed by atoms with Crippen LogP contribution < -0.4 is 15.4 Å². The summed E-state index contributed by atoms with van der Waals surface area (Å²) in [4.78, 5) is 21.5. The van der Waals surface area contributed by atoms with Crippen LogP contribution in [0.4, 0.5) is 17.3 Å². The standard InChI is InChI=1S/C25H26N6O2/c1-14(2)22-12-26-13-23(28-22)29-24-18-9-4-15(10-21(18)30-31-24)19-11-20(19)25(32)27-16-5-7-17(33-3)8-6-16/h4-10,12-14,19-20H,11H2,1-3H3,(H,27,32)(H2,28,29,30,31)/t19-,20?/m0/s1. The van der Waals surface area contributed by atoms with E-state index in [4.69, 9.17) is 4.74 Å². The van der Waals surface area contributed by atoms with Crippen molar-refractivity contribution >= 4 is 34.1 Å². The monoisotopic (exact) mass is 442 g/mol. The molecule has 1 aliphatic rings. The maximum Gasteiger partial charge on any atom is 0.228 e. The van der Waals surface area contributed by atoms with Gasteiger partial charge in [0.1, 0.15) is 11.6 Å². The van der Waals surface area contributed by atoms with Crippen LogP contribution in [0.5, 0.6) is 5.75 Å². The van der Waals surface area contributed by atoms with Gasteiger partial charge in [-0.2, -0.15) is 5.10 Å². The SMILES string of the molecule is COc1ccc(NC(=O)C2C[C@H]2c2ccc3c(Nc4cncc(C(C)C)n4)n[nH]c3c2)cc1. The van der Waals surface area contributed by atoms with Gasteiger partial charge in [0.25, 0.3) is 0 Å². The van der Waals surface area contributed by atoms with Crippen molar-refractivity contribution in [1.29, 1.82) is 0 Å². The minimum absolute atomic E-state index is 0.0286. The number of fused-ring (bicyclic) bond motifs is 1. The van der Waals surface area contributed by atoms with Crippen molar-refractivity contribution in [2.24, 2.45) is 5.92 Å². The Bertz CT molecular complexity index is 1300. The summed E-state index contributed by atoms with van der Waals surface area (Å²) in [7, 11) is 1.62. The number of carbonyl (C=O) groups excluding carboxylic acids is 1. The summed E-state index contributed by atoms with van der Waals surface area (Å²) in [5, 5.41) is 14.7. The normalized spacial score (nSPS) is 17.2. The third-order valence-corrected chi connectivity index (χ3v) is 5.99. The molecule has 0 aliphatic heterocycles. The van der Waals surface area contributed by atoms with Gasteiger partial charge in [-0.15, -0.1) is 0 Å². The first-order chi connectivity index (χ1) is 16.0. The Hall–Kier alpha value is -3.94. The average molecular weight is 443 g/mol. The Labute approximate surface area is 191 Å². The van der Waals surface area contributed by atoms with Crippen LogP contribution in [0.1, 0.15) is 43.4 Å². The van der Waals surface area contributed by atoms with E-state index < -0.39 is 0 Å². The van der Waals surface area contributed by atoms with Crippen LogP contribution >= 0.6 is 0 Å². The number of hydrogen-bond acceptors (Lipinski definition) is 6. The number of aromatic amines is 1. The largest absolute Gasteiger partial charge is 0.497 e. The molecule has 1 aliphatic carbocycles. The molecule has 1 saturated carbocycles. The van der Waals surface area contributed by atoms with E-state index >= 15 is 0 Å². The van der Waals surface area contributed by atoms with Crippen molar-refractivity contribution in [2.75, 3.05) is 17.7 Å². The molecule has 5 rings (SSSR count). The second kappa shape index (κ2) is 8.54. The number of anilines is 3. The average Bonchev–Trinajstić information content (AvgIpc) is 3.55. The summed E-state index contributed by atoms with van der Waals surface area (Å²) in [6.07, 6.45) is 4.31. The second-order valence-electron chi connectivity index (χ2n) is 8.65. The topological polar surface area (TPSA) is 105 Å². The van der Waals surface area contributed by atoms with Crippen molar-refractivity contribution in [3.8, 4) is 5.75 Å². The molecule has 2 atom stereocenters. The number of nitrogens with one attached hydrogen (secondary N) is 3. The van der Waals surface area contributed by atoms with Crippen molar-refractivity contribution in [3.05, 3.63) is 66.1 Å². The molecule has 1 unspecified atom stereocenters. The van der Waals surface area contributed by atoms with Gasteiger partial charge in [0.2, 0.25) is 5.91 Å². The number of methoxy groups -OCH3 is 1. The Kier molecular flexibility index (Phi) is 5.42. The molecule has 0 bridgehead atoms. The van der Waals surface area contributed by atoms with Crippen molar-refractivity contribution in [1.82, 2.24) is 20.2 Å². The van der Waals surface area contributed by atoms with Gasteiger partial charge in [-0.3, -0.25) is 14.9 Å². The molecule has 168 valence electrons. The molecule has 3 N–H and O–H groups in total. The Balaban J connectivity index is 1.27. The van der Waals surface area contributed by atoms with Gasteiger partial charge in [-0.25, -0.2) is 4.98 Å². The van der Waals surface area contributed by atoms with E-state index in [1.807, 2.05) is 30.3 Å². The highest BCUT2D eigenvalue weighted by molar-refractivity contribution is 5.96. The number of H-pyrrole nitrogens is 1. The van der Waals surface area contributed by atoms with E-state index in [1.54, 1.807) is 19.5 Å². The molecule has 2 heterocycles. The molecule has 0 spiro atoms. The van der Waals surface area contributed by atoms with Crippen LogP contribution in [0.15, 0.2) is 54.9 Å². The molecule has 8 heteroatoms. The lowest BCUT2D eigenvalue weighted by atomic mass is 10.1. The van der Waals surface area contributed by atoms with Gasteiger partial charge < -0.3 is 15.4 Å². The molecular formula is C25H26N6O2. The maximum absolute atomic E-state index is 12.7. The number of rotatable bonds is 7. The number of aromatic nitrogens is 4. The third-order valence-electron chi connectivity index (χ3n) is 5.99. The molecule has 33 heavy (non-hydrogen) atoms. The highest BCUT2D eigenvalue weighted by Crippen LogP contribution is 2.48. The molecule has 2 aromatic heterocycles. The lowest BCUT2D eigenvalue weighted by Crippen LogP contribution is -2.14. The van der Waals surface area contributed by atoms with Crippen LogP contribution in [0, 0.1) is 5.92 Å². The van der Waals surface area contributed by atoms with E-state index in [9.17, 15) is 4.79 Å². The molecule has 0 radical (unpaired) electrons. The van der Waals surface area contributed by atoms with Crippen molar-refractivity contribution in [3.63, 3.8) is 0 Å². The van der Waals surface area contributed by atoms with Crippen LogP contribution in [0.3, 0.4) is 0 Å². The van der Waals surface area contributed by atoms with E-state index in [0.29, 0.717) is 17.6 Å². The Morgan fingerprint density at radius 2 is 1.97 bits per heavy atom. The molecule has 4 aromatic rings. The first kappa shape index (κ1) is 20.9. The summed E-state index contributed by atoms with van der Waals surface area (Å²) in [6, 6.07) is 13.6. The Morgan fingerprint density at radius 1 is 1.15 bits per heavy atom. The minimum atomic E-state index is -0.0286. The van der Waals surface area contributed by atoms with E-state index in [0.717, 1.165) is 40.0 Å². The van der Waals surface area contributed by atoms with Gasteiger partial charge in [0.15, 0.2) is 5.82 Å². The highest BCUT2D eigenvalue weighted by atomic mass is 16.5. The van der Waals surface area contributed by atoms with E-state index in [1.165, 1.54) is 0 Å². The van der Waals surface area contributed by atoms with Crippen LogP contribution in [-0.2, 0) is 4.79 Å². The fourth-order valence-corrected chi connectivity index (χ4v) is 3.97.